The minimum atomic E-state index is -0.224. The second-order valence-electron chi connectivity index (χ2n) is 7.63. The first-order valence-corrected chi connectivity index (χ1v) is 18.5. The third kappa shape index (κ3) is 29.8. The monoisotopic (exact) mass is 1080 g/mol. The summed E-state index contributed by atoms with van der Waals surface area (Å²) in [6.07, 6.45) is 0.413. The predicted octanol–water partition coefficient (Wildman–Crippen LogP) is 4.82. The first kappa shape index (κ1) is 62.8. The number of carbonyl (C=O) groups excluding carboxylic acids is 2. The number of nitrogens with two attached hydrogens (primary N) is 1. The molecule has 7 nitrogen and oxygen atoms in total. The minimum absolute atomic E-state index is 0. The van der Waals surface area contributed by atoms with Crippen LogP contribution in [0.25, 0.3) is 4.95 Å². The number of amides is 1. The van der Waals surface area contributed by atoms with Gasteiger partial charge in [0.2, 0.25) is 0 Å². The number of ketones is 1. The van der Waals surface area contributed by atoms with Crippen LogP contribution in [-0.4, -0.2) is 37.1 Å². The summed E-state index contributed by atoms with van der Waals surface area (Å²) >= 11 is 25.9. The standard InChI is InChI=1S/C13H14BrN3OS2.C10H10BrClO.C2H5I.C2H2N2S2.2F2.FH.2K/c1-3-19-13-17-11(15)10(20-13)12(18)16-9-7(2)5-4-6-8(9)14;1-7-3-2-4-10(11)9(7)5-8(13)6-12;1-2-3;1-3-4-2(5)6;2*1-2;;;/h4-6H,3,15H2,1-2H3,(H,16,18);2-4H,5-6H2,1H3;2H2,1H3;(H2,4,5,6);;;1H;;/q;;;;;;;2*+1/p-2. The maximum absolute atomic E-state index is 12.3. The molecule has 0 aliphatic carbocycles. The molecule has 0 bridgehead atoms. The largest absolute Gasteiger partial charge is 1.00 e. The van der Waals surface area contributed by atoms with Crippen LogP contribution in [0.1, 0.15) is 40.2 Å². The number of hydrogen-bond donors (Lipinski definition) is 2. The van der Waals surface area contributed by atoms with Crippen molar-refractivity contribution in [1.82, 2.24) is 4.98 Å². The van der Waals surface area contributed by atoms with Crippen LogP contribution in [0.15, 0.2) is 54.8 Å². The average Bonchev–Trinajstić information content (AvgIpc) is 3.40. The van der Waals surface area contributed by atoms with Crippen LogP contribution in [0, 0.1) is 20.4 Å². The Morgan fingerprint density at radius 1 is 1.08 bits per heavy atom. The normalized spacial score (nSPS) is 8.31. The third-order valence-electron chi connectivity index (χ3n) is 4.58. The minimum Gasteiger partial charge on any atom is -0.782 e. The molecule has 0 unspecified atom stereocenters. The number of anilines is 2. The second kappa shape index (κ2) is 41.0. The number of nitrogen functional groups attached to an aromatic ring is 1. The van der Waals surface area contributed by atoms with E-state index in [1.807, 2.05) is 57.2 Å². The summed E-state index contributed by atoms with van der Waals surface area (Å²) in [6, 6.07) is 11.6. The molecule has 3 rings (SSSR count). The van der Waals surface area contributed by atoms with Gasteiger partial charge in [-0.2, -0.15) is 10.9 Å². The summed E-state index contributed by atoms with van der Waals surface area (Å²) in [5.74, 6) is 1.10. The summed E-state index contributed by atoms with van der Waals surface area (Å²) in [4.78, 5) is 30.7. The van der Waals surface area contributed by atoms with Crippen LogP contribution in [0.2, 0.25) is 0 Å². The van der Waals surface area contributed by atoms with Gasteiger partial charge in [-0.3, -0.25) is 14.3 Å². The van der Waals surface area contributed by atoms with Gasteiger partial charge in [0.15, 0.2) is 10.1 Å². The maximum Gasteiger partial charge on any atom is 1.00 e. The van der Waals surface area contributed by atoms with E-state index in [0.717, 1.165) is 41.4 Å². The molecule has 0 aliphatic heterocycles. The van der Waals surface area contributed by atoms with Gasteiger partial charge >= 0.3 is 103 Å². The molecule has 3 N–H and O–H groups in total. The average molecular weight is 1080 g/mol. The molecule has 1 amide bonds. The molecule has 2 aromatic carbocycles. The van der Waals surface area contributed by atoms with E-state index in [-0.39, 0.29) is 135 Å². The molecule has 0 spiro atoms. The molecule has 1 aromatic heterocycles. The number of aromatic nitrogens is 1. The summed E-state index contributed by atoms with van der Waals surface area (Å²) < 4.78 is 35.8. The quantitative estimate of drug-likeness (QED) is 0.0335. The third-order valence-corrected chi connectivity index (χ3v) is 8.54. The van der Waals surface area contributed by atoms with E-state index in [9.17, 15) is 9.59 Å². The van der Waals surface area contributed by atoms with Gasteiger partial charge in [0, 0.05) is 38.8 Å². The number of benzene rings is 2. The molecule has 0 aliphatic rings. The van der Waals surface area contributed by atoms with Gasteiger partial charge in [-0.25, -0.2) is 4.98 Å². The number of rotatable bonds is 7. The van der Waals surface area contributed by atoms with Crippen LogP contribution in [-0.2, 0) is 36.5 Å². The molecule has 3 aromatic rings. The number of alkyl halides is 2. The van der Waals surface area contributed by atoms with Crippen molar-refractivity contribution in [1.29, 1.82) is 0 Å². The Balaban J connectivity index is -0.000000138. The zero-order valence-corrected chi connectivity index (χ0v) is 42.7. The Labute approximate surface area is 423 Å². The van der Waals surface area contributed by atoms with Crippen LogP contribution >= 0.6 is 89.2 Å². The van der Waals surface area contributed by atoms with E-state index in [1.54, 1.807) is 11.8 Å². The van der Waals surface area contributed by atoms with Gasteiger partial charge in [0.25, 0.3) is 5.91 Å². The van der Waals surface area contributed by atoms with Crippen LogP contribution in [0.5, 0.6) is 0 Å². The summed E-state index contributed by atoms with van der Waals surface area (Å²) in [6.45, 7) is 14.1. The maximum atomic E-state index is 12.3. The number of thiazole rings is 1. The number of hydrogen-bond acceptors (Lipinski definition) is 9. The number of aryl methyl sites for hydroxylation is 2. The second-order valence-corrected chi connectivity index (χ2v) is 14.7. The van der Waals surface area contributed by atoms with E-state index in [1.165, 1.54) is 15.8 Å². The van der Waals surface area contributed by atoms with Gasteiger partial charge in [-0.05, 0) is 68.8 Å². The van der Waals surface area contributed by atoms with Gasteiger partial charge in [0.05, 0.1) is 11.6 Å². The molecule has 22 heteroatoms. The van der Waals surface area contributed by atoms with Crippen molar-refractivity contribution in [3.05, 3.63) is 78.4 Å². The Morgan fingerprint density at radius 3 is 1.96 bits per heavy atom. The van der Waals surface area contributed by atoms with Crippen molar-refractivity contribution >= 4 is 142 Å². The summed E-state index contributed by atoms with van der Waals surface area (Å²) in [5, 5.41) is 5.85. The molecule has 49 heavy (non-hydrogen) atoms. The topological polar surface area (TPSA) is 102 Å². The Bertz CT molecular complexity index is 1380. The zero-order valence-electron chi connectivity index (χ0n) is 27.1. The van der Waals surface area contributed by atoms with Gasteiger partial charge in [0.1, 0.15) is 10.7 Å². The zero-order chi connectivity index (χ0) is 36.2. The number of nitrogens with zero attached hydrogens (tertiary/aromatic N) is 3. The molecule has 1 heterocycles. The molecule has 0 radical (unpaired) electrons. The van der Waals surface area contributed by atoms with Crippen molar-refractivity contribution in [2.24, 2.45) is 5.10 Å². The number of Topliss-reactive ketones (excluding diaryl/α,β-unsaturated/α-hetero) is 1. The van der Waals surface area contributed by atoms with E-state index in [0.29, 0.717) is 11.3 Å². The summed E-state index contributed by atoms with van der Waals surface area (Å²) in [7, 11) is 0. The van der Waals surface area contributed by atoms with Gasteiger partial charge < -0.3 is 36.3 Å². The van der Waals surface area contributed by atoms with Crippen molar-refractivity contribution in [3.8, 4) is 0 Å². The molecule has 0 atom stereocenters. The Morgan fingerprint density at radius 2 is 1.57 bits per heavy atom. The number of thioether (sulfide) groups is 1. The molecule has 264 valence electrons. The molecule has 0 fully saturated rings. The van der Waals surface area contributed by atoms with Gasteiger partial charge in [-0.1, -0.05) is 88.4 Å². The van der Waals surface area contributed by atoms with Crippen molar-refractivity contribution in [2.45, 2.75) is 38.5 Å². The van der Waals surface area contributed by atoms with Crippen LogP contribution in [0.3, 0.4) is 0 Å². The first-order valence-electron chi connectivity index (χ1n) is 12.3. The molecule has 0 saturated heterocycles. The smallest absolute Gasteiger partial charge is 0.782 e. The summed E-state index contributed by atoms with van der Waals surface area (Å²) in [5.41, 5.74) is 9.71. The van der Waals surface area contributed by atoms with E-state index >= 15 is 0 Å². The molecule has 0 saturated carbocycles. The number of carbonyl (C=O) groups is 2. The first-order chi connectivity index (χ1) is 21.9. The van der Waals surface area contributed by atoms with Crippen LogP contribution < -0.4 is 114 Å². The SMILES string of the molecule is CCI.CCSc1nc(N)c(C(=O)Nc2c(C)cccc2Br)s1.Cc1cccc(Br)c1CC(=O)CCl.F.FF.FF.[C-]#[N+]N=C([S-])[S-].[K+].[K+]. The van der Waals surface area contributed by atoms with Crippen molar-refractivity contribution in [3.63, 3.8) is 0 Å². The fourth-order valence-corrected chi connectivity index (χ4v) is 6.00. The fourth-order valence-electron chi connectivity index (χ4n) is 2.80. The van der Waals surface area contributed by atoms with Crippen molar-refractivity contribution in [2.75, 3.05) is 27.1 Å². The number of halogens is 9. The Kier molecular flexibility index (Phi) is 52.6. The Hall–Kier alpha value is 1.86. The van der Waals surface area contributed by atoms with Crippen LogP contribution in [0.4, 0.5) is 34.5 Å². The molecular formula is C27H30Br2ClF5IK2N5O2S4. The number of para-hydroxylation sites is 1. The van der Waals surface area contributed by atoms with E-state index < -0.39 is 0 Å². The van der Waals surface area contributed by atoms with Gasteiger partial charge in [-0.15, -0.1) is 27.9 Å². The van der Waals surface area contributed by atoms with Crippen molar-refractivity contribution < 1.29 is 135 Å². The molecular weight excluding hydrogens is 1050 g/mol. The fraction of sp³-hybridized carbons (Fsp3) is 0.296. The number of nitrogens with one attached hydrogen (secondary N) is 1. The van der Waals surface area contributed by atoms with E-state index in [2.05, 4.69) is 107 Å². The predicted molar refractivity (Wildman–Crippen MR) is 208 cm³/mol. The van der Waals surface area contributed by atoms with E-state index in [4.69, 9.17) is 42.2 Å².